The van der Waals surface area contributed by atoms with Gasteiger partial charge in [-0.05, 0) is 60.5 Å². The second-order valence-electron chi connectivity index (χ2n) is 4.94. The van der Waals surface area contributed by atoms with E-state index in [2.05, 4.69) is 10.6 Å². The molecule has 0 aromatic heterocycles. The summed E-state index contributed by atoms with van der Waals surface area (Å²) in [4.78, 5) is 0. The van der Waals surface area contributed by atoms with Gasteiger partial charge in [-0.2, -0.15) is 0 Å². The Hall–Kier alpha value is -2.01. The van der Waals surface area contributed by atoms with Crippen LogP contribution in [0, 0.1) is 11.6 Å². The first-order valence-corrected chi connectivity index (χ1v) is 7.55. The summed E-state index contributed by atoms with van der Waals surface area (Å²) in [6.07, 6.45) is 1.56. The first-order valence-electron chi connectivity index (χ1n) is 7.14. The molecule has 0 aliphatic heterocycles. The molecule has 0 aliphatic rings. The van der Waals surface area contributed by atoms with Gasteiger partial charge in [0.15, 0.2) is 5.11 Å². The molecule has 116 valence electrons. The Kier molecular flexibility index (Phi) is 6.27. The molecule has 0 saturated heterocycles. The summed E-state index contributed by atoms with van der Waals surface area (Å²) in [5, 5.41) is 6.80. The van der Waals surface area contributed by atoms with Crippen LogP contribution in [0.15, 0.2) is 48.5 Å². The van der Waals surface area contributed by atoms with Gasteiger partial charge < -0.3 is 10.6 Å². The fourth-order valence-electron chi connectivity index (χ4n) is 2.01. The van der Waals surface area contributed by atoms with Crippen LogP contribution < -0.4 is 10.6 Å². The number of thiocarbonyl (C=S) groups is 1. The maximum absolute atomic E-state index is 12.8. The fourth-order valence-corrected chi connectivity index (χ4v) is 2.21. The van der Waals surface area contributed by atoms with Crippen molar-refractivity contribution in [2.75, 3.05) is 13.1 Å². The fraction of sp³-hybridized carbons (Fsp3) is 0.235. The zero-order valence-electron chi connectivity index (χ0n) is 12.1. The molecule has 2 rings (SSSR count). The summed E-state index contributed by atoms with van der Waals surface area (Å²) in [6, 6.07) is 12.9. The van der Waals surface area contributed by atoms with Crippen LogP contribution in [0.25, 0.3) is 0 Å². The van der Waals surface area contributed by atoms with Crippen molar-refractivity contribution in [1.29, 1.82) is 0 Å². The quantitative estimate of drug-likeness (QED) is 0.799. The van der Waals surface area contributed by atoms with E-state index in [0.29, 0.717) is 18.2 Å². The third-order valence-corrected chi connectivity index (χ3v) is 3.51. The van der Waals surface area contributed by atoms with Crippen LogP contribution in [-0.2, 0) is 12.8 Å². The number of benzene rings is 2. The van der Waals surface area contributed by atoms with Crippen LogP contribution in [0.2, 0.25) is 0 Å². The molecule has 0 saturated carbocycles. The van der Waals surface area contributed by atoms with Crippen LogP contribution in [-0.4, -0.2) is 18.2 Å². The van der Waals surface area contributed by atoms with Gasteiger partial charge in [-0.25, -0.2) is 8.78 Å². The van der Waals surface area contributed by atoms with E-state index in [4.69, 9.17) is 12.2 Å². The highest BCUT2D eigenvalue weighted by atomic mass is 32.1. The minimum absolute atomic E-state index is 0.227. The Morgan fingerprint density at radius 3 is 1.45 bits per heavy atom. The lowest BCUT2D eigenvalue weighted by Gasteiger charge is -2.10. The Balaban J connectivity index is 1.61. The van der Waals surface area contributed by atoms with Crippen molar-refractivity contribution >= 4 is 17.3 Å². The zero-order valence-corrected chi connectivity index (χ0v) is 12.9. The Morgan fingerprint density at radius 2 is 1.09 bits per heavy atom. The van der Waals surface area contributed by atoms with Gasteiger partial charge >= 0.3 is 0 Å². The first kappa shape index (κ1) is 16.4. The van der Waals surface area contributed by atoms with Gasteiger partial charge in [-0.3, -0.25) is 0 Å². The van der Waals surface area contributed by atoms with Gasteiger partial charge in [0, 0.05) is 13.1 Å². The second kappa shape index (κ2) is 8.44. The maximum Gasteiger partial charge on any atom is 0.166 e. The SMILES string of the molecule is Fc1ccc(CCNC(=S)NCCc2ccc(F)cc2)cc1. The third-order valence-electron chi connectivity index (χ3n) is 3.22. The molecule has 2 N–H and O–H groups in total. The normalized spacial score (nSPS) is 10.3. The van der Waals surface area contributed by atoms with E-state index < -0.39 is 0 Å². The minimum Gasteiger partial charge on any atom is -0.362 e. The van der Waals surface area contributed by atoms with E-state index in [1.54, 1.807) is 24.3 Å². The summed E-state index contributed by atoms with van der Waals surface area (Å²) in [5.41, 5.74) is 2.12. The number of halogens is 2. The van der Waals surface area contributed by atoms with E-state index in [9.17, 15) is 8.78 Å². The number of nitrogens with one attached hydrogen (secondary N) is 2. The van der Waals surface area contributed by atoms with Crippen LogP contribution in [0.1, 0.15) is 11.1 Å². The minimum atomic E-state index is -0.227. The Bertz CT molecular complexity index is 544. The molecule has 0 aliphatic carbocycles. The van der Waals surface area contributed by atoms with Gasteiger partial charge in [-0.15, -0.1) is 0 Å². The second-order valence-corrected chi connectivity index (χ2v) is 5.34. The van der Waals surface area contributed by atoms with Crippen molar-refractivity contribution in [3.8, 4) is 0 Å². The maximum atomic E-state index is 12.8. The largest absolute Gasteiger partial charge is 0.362 e. The van der Waals surface area contributed by atoms with Gasteiger partial charge in [0.25, 0.3) is 0 Å². The number of hydrogen-bond acceptors (Lipinski definition) is 1. The average molecular weight is 320 g/mol. The molecule has 2 nitrogen and oxygen atoms in total. The molecule has 0 atom stereocenters. The molecular formula is C17H18F2N2S. The molecular weight excluding hydrogens is 302 g/mol. The standard InChI is InChI=1S/C17H18F2N2S/c18-15-5-1-13(2-6-15)9-11-20-17(22)21-12-10-14-3-7-16(19)8-4-14/h1-8H,9-12H2,(H2,20,21,22). The Labute approximate surface area is 134 Å². The average Bonchev–Trinajstić information content (AvgIpc) is 2.51. The van der Waals surface area contributed by atoms with E-state index in [-0.39, 0.29) is 11.6 Å². The number of rotatable bonds is 6. The van der Waals surface area contributed by atoms with E-state index in [1.165, 1.54) is 24.3 Å². The van der Waals surface area contributed by atoms with Crippen molar-refractivity contribution < 1.29 is 8.78 Å². The van der Waals surface area contributed by atoms with Gasteiger partial charge in [0.1, 0.15) is 11.6 Å². The number of hydrogen-bond donors (Lipinski definition) is 2. The van der Waals surface area contributed by atoms with Crippen LogP contribution >= 0.6 is 12.2 Å². The summed E-state index contributed by atoms with van der Waals surface area (Å²) >= 11 is 5.18. The van der Waals surface area contributed by atoms with E-state index in [1.807, 2.05) is 0 Å². The summed E-state index contributed by atoms with van der Waals surface area (Å²) in [7, 11) is 0. The van der Waals surface area contributed by atoms with Crippen molar-refractivity contribution in [3.05, 3.63) is 71.3 Å². The molecule has 2 aromatic carbocycles. The lowest BCUT2D eigenvalue weighted by atomic mass is 10.1. The van der Waals surface area contributed by atoms with Crippen LogP contribution in [0.5, 0.6) is 0 Å². The lowest BCUT2D eigenvalue weighted by molar-refractivity contribution is 0.626. The predicted molar refractivity (Wildman–Crippen MR) is 88.8 cm³/mol. The smallest absolute Gasteiger partial charge is 0.166 e. The van der Waals surface area contributed by atoms with E-state index >= 15 is 0 Å². The highest BCUT2D eigenvalue weighted by Gasteiger charge is 1.98. The third kappa shape index (κ3) is 5.77. The van der Waals surface area contributed by atoms with E-state index in [0.717, 1.165) is 24.0 Å². The van der Waals surface area contributed by atoms with Gasteiger partial charge in [0.2, 0.25) is 0 Å². The molecule has 0 amide bonds. The topological polar surface area (TPSA) is 24.1 Å². The first-order chi connectivity index (χ1) is 10.6. The molecule has 22 heavy (non-hydrogen) atoms. The van der Waals surface area contributed by atoms with Crippen molar-refractivity contribution in [2.45, 2.75) is 12.8 Å². The molecule has 2 aromatic rings. The Morgan fingerprint density at radius 1 is 0.727 bits per heavy atom. The zero-order chi connectivity index (χ0) is 15.8. The summed E-state index contributed by atoms with van der Waals surface area (Å²) in [6.45, 7) is 1.38. The molecule has 0 radical (unpaired) electrons. The van der Waals surface area contributed by atoms with Crippen LogP contribution in [0.4, 0.5) is 8.78 Å². The predicted octanol–water partition coefficient (Wildman–Crippen LogP) is 3.21. The van der Waals surface area contributed by atoms with Crippen molar-refractivity contribution in [2.24, 2.45) is 0 Å². The highest BCUT2D eigenvalue weighted by Crippen LogP contribution is 2.03. The summed E-state index contributed by atoms with van der Waals surface area (Å²) < 4.78 is 25.5. The summed E-state index contributed by atoms with van der Waals surface area (Å²) in [5.74, 6) is -0.454. The van der Waals surface area contributed by atoms with Crippen molar-refractivity contribution in [1.82, 2.24) is 10.6 Å². The van der Waals surface area contributed by atoms with Crippen LogP contribution in [0.3, 0.4) is 0 Å². The molecule has 0 heterocycles. The monoisotopic (exact) mass is 320 g/mol. The molecule has 0 spiro atoms. The molecule has 0 fully saturated rings. The molecule has 0 unspecified atom stereocenters. The van der Waals surface area contributed by atoms with Gasteiger partial charge in [-0.1, -0.05) is 24.3 Å². The molecule has 0 bridgehead atoms. The lowest BCUT2D eigenvalue weighted by Crippen LogP contribution is -2.37. The molecule has 5 heteroatoms. The van der Waals surface area contributed by atoms with Gasteiger partial charge in [0.05, 0.1) is 0 Å². The van der Waals surface area contributed by atoms with Crippen molar-refractivity contribution in [3.63, 3.8) is 0 Å². The highest BCUT2D eigenvalue weighted by molar-refractivity contribution is 7.80.